The number of carbonyl (C=O) groups is 1. The van der Waals surface area contributed by atoms with Gasteiger partial charge in [-0.15, -0.1) is 0 Å². The van der Waals surface area contributed by atoms with E-state index in [0.29, 0.717) is 52.6 Å². The number of benzene rings is 1. The normalized spacial score (nSPS) is 20.3. The van der Waals surface area contributed by atoms with Crippen molar-refractivity contribution >= 4 is 55.4 Å². The van der Waals surface area contributed by atoms with Crippen LogP contribution in [0.1, 0.15) is 18.4 Å². The Morgan fingerprint density at radius 2 is 1.90 bits per heavy atom. The second-order valence-corrected chi connectivity index (χ2v) is 12.6. The quantitative estimate of drug-likeness (QED) is 0.351. The molecule has 1 aliphatic carbocycles. The van der Waals surface area contributed by atoms with E-state index in [9.17, 15) is 18.5 Å². The average molecular weight is 578 g/mol. The first kappa shape index (κ1) is 26.0. The molecular weight excluding hydrogens is 550 g/mol. The van der Waals surface area contributed by atoms with E-state index in [1.165, 1.54) is 16.4 Å². The highest BCUT2D eigenvalue weighted by Crippen LogP contribution is 2.43. The molecule has 0 radical (unpaired) electrons. The number of nitrogens with one attached hydrogen (secondary N) is 2. The molecule has 2 fully saturated rings. The van der Waals surface area contributed by atoms with Crippen molar-refractivity contribution in [1.29, 1.82) is 5.26 Å². The summed E-state index contributed by atoms with van der Waals surface area (Å²) in [4.78, 5) is 25.5. The second-order valence-electron chi connectivity index (χ2n) is 10.1. The summed E-state index contributed by atoms with van der Waals surface area (Å²) in [5.41, 5.74) is 1.34. The van der Waals surface area contributed by atoms with Gasteiger partial charge in [0, 0.05) is 62.5 Å². The first-order chi connectivity index (χ1) is 19.3. The van der Waals surface area contributed by atoms with E-state index in [-0.39, 0.29) is 22.6 Å². The third-order valence-corrected chi connectivity index (χ3v) is 10.2. The van der Waals surface area contributed by atoms with Gasteiger partial charge < -0.3 is 15.1 Å². The van der Waals surface area contributed by atoms with Crippen molar-refractivity contribution < 1.29 is 13.2 Å². The lowest BCUT2D eigenvalue weighted by Crippen LogP contribution is -2.36. The molecule has 40 heavy (non-hydrogen) atoms. The van der Waals surface area contributed by atoms with Crippen LogP contribution in [0.3, 0.4) is 0 Å². The molecule has 12 nitrogen and oxygen atoms in total. The minimum atomic E-state index is -3.85. The molecule has 2 amide bonds. The fraction of sp³-hybridized carbons (Fsp3) is 0.346. The van der Waals surface area contributed by atoms with Gasteiger partial charge in [0.15, 0.2) is 5.65 Å². The van der Waals surface area contributed by atoms with Crippen LogP contribution in [0.2, 0.25) is 0 Å². The Bertz CT molecular complexity index is 1710. The first-order valence-electron chi connectivity index (χ1n) is 12.8. The number of hydrogen-bond donors (Lipinski definition) is 2. The molecule has 1 aliphatic heterocycles. The Morgan fingerprint density at radius 3 is 2.55 bits per heavy atom. The molecule has 0 bridgehead atoms. The maximum absolute atomic E-state index is 13.3. The number of aromatic nitrogens is 4. The lowest BCUT2D eigenvalue weighted by molar-refractivity contribution is 0.218. The van der Waals surface area contributed by atoms with Crippen molar-refractivity contribution in [2.45, 2.75) is 23.8 Å². The highest BCUT2D eigenvalue weighted by molar-refractivity contribution is 7.90. The van der Waals surface area contributed by atoms with Crippen LogP contribution >= 0.6 is 11.5 Å². The molecule has 1 saturated carbocycles. The van der Waals surface area contributed by atoms with Crippen molar-refractivity contribution in [3.63, 3.8) is 0 Å². The van der Waals surface area contributed by atoms with Crippen molar-refractivity contribution in [2.24, 2.45) is 11.8 Å². The Labute approximate surface area is 235 Å². The zero-order valence-corrected chi connectivity index (χ0v) is 23.5. The van der Waals surface area contributed by atoms with Crippen molar-refractivity contribution in [3.05, 3.63) is 54.4 Å². The molecule has 14 heteroatoms. The lowest BCUT2D eigenvalue weighted by atomic mass is 10.0. The molecule has 2 aliphatic rings. The smallest absolute Gasteiger partial charge is 0.323 e. The zero-order chi connectivity index (χ0) is 28.0. The van der Waals surface area contributed by atoms with Crippen LogP contribution in [0, 0.1) is 23.2 Å². The molecule has 1 saturated heterocycles. The van der Waals surface area contributed by atoms with E-state index in [1.807, 2.05) is 11.9 Å². The summed E-state index contributed by atoms with van der Waals surface area (Å²) in [7, 11) is -0.183. The summed E-state index contributed by atoms with van der Waals surface area (Å²) in [6.45, 7) is 1.28. The van der Waals surface area contributed by atoms with Crippen LogP contribution in [0.15, 0.2) is 53.7 Å². The highest BCUT2D eigenvalue weighted by atomic mass is 32.2. The predicted octanol–water partition coefficient (Wildman–Crippen LogP) is 3.42. The van der Waals surface area contributed by atoms with Crippen molar-refractivity contribution in [3.8, 4) is 6.07 Å². The summed E-state index contributed by atoms with van der Waals surface area (Å²) < 4.78 is 32.0. The van der Waals surface area contributed by atoms with Gasteiger partial charge in [-0.05, 0) is 42.9 Å². The molecule has 3 aromatic heterocycles. The summed E-state index contributed by atoms with van der Waals surface area (Å²) in [6, 6.07) is 12.1. The van der Waals surface area contributed by atoms with Crippen LogP contribution < -0.4 is 15.5 Å². The molecule has 1 unspecified atom stereocenters. The Kier molecular flexibility index (Phi) is 6.55. The number of hydrogen-bond acceptors (Lipinski definition) is 10. The zero-order valence-electron chi connectivity index (χ0n) is 21.9. The SMILES string of the molecule is CNc1nsc(NC(=O)N2C[C@H]3CC(N(C)c4c(C#N)cnc5c4ccn5S(=O)(=O)c4ccccc4)C[C@H]3C2)n1. The summed E-state index contributed by atoms with van der Waals surface area (Å²) in [5.74, 6) is 1.12. The lowest BCUT2D eigenvalue weighted by Gasteiger charge is -2.29. The summed E-state index contributed by atoms with van der Waals surface area (Å²) in [6.07, 6.45) is 4.65. The van der Waals surface area contributed by atoms with Gasteiger partial charge in [0.05, 0.1) is 16.1 Å². The molecule has 4 aromatic rings. The Balaban J connectivity index is 1.21. The van der Waals surface area contributed by atoms with E-state index in [4.69, 9.17) is 0 Å². The number of likely N-dealkylation sites (tertiary alicyclic amines) is 1. The molecule has 4 heterocycles. The number of nitrogens with zero attached hydrogens (tertiary/aromatic N) is 7. The van der Waals surface area contributed by atoms with Gasteiger partial charge >= 0.3 is 6.03 Å². The van der Waals surface area contributed by atoms with E-state index >= 15 is 0 Å². The number of carbonyl (C=O) groups excluding carboxylic acids is 1. The summed E-state index contributed by atoms with van der Waals surface area (Å²) >= 11 is 1.13. The van der Waals surface area contributed by atoms with Crippen molar-refractivity contribution in [1.82, 2.24) is 23.2 Å². The van der Waals surface area contributed by atoms with Gasteiger partial charge in [0.25, 0.3) is 10.0 Å². The van der Waals surface area contributed by atoms with E-state index in [2.05, 4.69) is 35.9 Å². The Morgan fingerprint density at radius 1 is 1.18 bits per heavy atom. The molecule has 206 valence electrons. The predicted molar refractivity (Wildman–Crippen MR) is 152 cm³/mol. The molecule has 0 spiro atoms. The number of anilines is 3. The number of nitriles is 1. The fourth-order valence-electron chi connectivity index (χ4n) is 5.89. The highest BCUT2D eigenvalue weighted by Gasteiger charge is 2.44. The van der Waals surface area contributed by atoms with Gasteiger partial charge in [-0.3, -0.25) is 5.32 Å². The number of amides is 2. The minimum absolute atomic E-state index is 0.133. The first-order valence-corrected chi connectivity index (χ1v) is 15.0. The van der Waals surface area contributed by atoms with Crippen LogP contribution in [0.5, 0.6) is 0 Å². The number of fused-ring (bicyclic) bond motifs is 2. The molecule has 1 aromatic carbocycles. The molecule has 6 rings (SSSR count). The topological polar surface area (TPSA) is 149 Å². The van der Waals surface area contributed by atoms with Crippen LogP contribution in [-0.4, -0.2) is 70.9 Å². The number of rotatable bonds is 6. The van der Waals surface area contributed by atoms with Gasteiger partial charge in [-0.25, -0.2) is 22.2 Å². The van der Waals surface area contributed by atoms with Crippen LogP contribution in [-0.2, 0) is 10.0 Å². The molecule has 2 N–H and O–H groups in total. The third kappa shape index (κ3) is 4.40. The number of pyridine rings is 1. The van der Waals surface area contributed by atoms with Gasteiger partial charge in [-0.2, -0.15) is 14.6 Å². The fourth-order valence-corrected chi connectivity index (χ4v) is 7.78. The maximum Gasteiger partial charge on any atom is 0.323 e. The maximum atomic E-state index is 13.3. The molecule has 3 atom stereocenters. The monoisotopic (exact) mass is 577 g/mol. The van der Waals surface area contributed by atoms with E-state index in [0.717, 1.165) is 24.4 Å². The van der Waals surface area contributed by atoms with Gasteiger partial charge in [-0.1, -0.05) is 18.2 Å². The summed E-state index contributed by atoms with van der Waals surface area (Å²) in [5, 5.41) is 16.7. The second kappa shape index (κ2) is 10.1. The van der Waals surface area contributed by atoms with Crippen molar-refractivity contribution in [2.75, 3.05) is 42.7 Å². The minimum Gasteiger partial charge on any atom is -0.370 e. The Hall–Kier alpha value is -4.22. The van der Waals surface area contributed by atoms with E-state index in [1.54, 1.807) is 43.4 Å². The third-order valence-electron chi connectivity index (χ3n) is 7.85. The molecular formula is C26H27N9O3S2. The van der Waals surface area contributed by atoms with Crippen LogP contribution in [0.4, 0.5) is 21.6 Å². The standard InChI is InChI=1S/C26H27N9O3S2/c1-28-24-30-25(39-32-24)31-26(36)34-14-16-10-19(11-17(16)15-34)33(2)22-18(12-27)13-29-23-21(22)8-9-35(23)40(37,38)20-6-4-3-5-7-20/h3-9,13,16-17,19H,10-11,14-15H2,1-2H3,(H2,28,30,31,32,36)/t16-,17+,19?. The van der Waals surface area contributed by atoms with Crippen LogP contribution in [0.25, 0.3) is 11.0 Å². The number of urea groups is 1. The van der Waals surface area contributed by atoms with Gasteiger partial charge in [0.1, 0.15) is 6.07 Å². The van der Waals surface area contributed by atoms with E-state index < -0.39 is 10.0 Å². The van der Waals surface area contributed by atoms with Gasteiger partial charge in [0.2, 0.25) is 11.1 Å². The average Bonchev–Trinajstić information content (AvgIpc) is 3.75. The largest absolute Gasteiger partial charge is 0.370 e.